The molecule has 0 bridgehead atoms. The quantitative estimate of drug-likeness (QED) is 0.771. The topological polar surface area (TPSA) is 102 Å². The van der Waals surface area contributed by atoms with Crippen LogP contribution in [0.25, 0.3) is 0 Å². The Morgan fingerprint density at radius 2 is 1.82 bits per heavy atom. The van der Waals surface area contributed by atoms with Crippen LogP contribution in [0, 0.1) is 11.3 Å². The van der Waals surface area contributed by atoms with Gasteiger partial charge >= 0.3 is 0 Å². The van der Waals surface area contributed by atoms with Crippen LogP contribution >= 0.6 is 15.9 Å². The van der Waals surface area contributed by atoms with Crippen molar-refractivity contribution in [3.63, 3.8) is 0 Å². The van der Waals surface area contributed by atoms with Crippen LogP contribution in [0.5, 0.6) is 5.75 Å². The van der Waals surface area contributed by atoms with Gasteiger partial charge in [-0.3, -0.25) is 9.59 Å². The SMILES string of the molecule is COc1ccc([C@H]2C(C#N)=C(N)OC3=C2C(=O)c2ccccc2C3=O)cc1Br. The molecule has 0 unspecified atom stereocenters. The Bertz CT molecular complexity index is 1160. The van der Waals surface area contributed by atoms with Crippen LogP contribution in [-0.4, -0.2) is 18.7 Å². The van der Waals surface area contributed by atoms with Crippen molar-refractivity contribution in [2.75, 3.05) is 7.11 Å². The van der Waals surface area contributed by atoms with Gasteiger partial charge in [0.2, 0.25) is 11.7 Å². The predicted octanol–water partition coefficient (Wildman–Crippen LogP) is 3.60. The molecule has 1 aliphatic heterocycles. The van der Waals surface area contributed by atoms with Crippen LogP contribution in [-0.2, 0) is 4.74 Å². The van der Waals surface area contributed by atoms with E-state index < -0.39 is 11.7 Å². The van der Waals surface area contributed by atoms with Crippen molar-refractivity contribution in [2.24, 2.45) is 5.73 Å². The number of ketones is 2. The Balaban J connectivity index is 1.96. The first-order chi connectivity index (χ1) is 13.5. The minimum atomic E-state index is -0.819. The van der Waals surface area contributed by atoms with Crippen molar-refractivity contribution in [3.05, 3.63) is 86.4 Å². The van der Waals surface area contributed by atoms with Gasteiger partial charge in [-0.15, -0.1) is 0 Å². The zero-order valence-corrected chi connectivity index (χ0v) is 16.2. The Labute approximate surface area is 169 Å². The highest BCUT2D eigenvalue weighted by Crippen LogP contribution is 2.45. The van der Waals surface area contributed by atoms with Crippen LogP contribution in [0.2, 0.25) is 0 Å². The van der Waals surface area contributed by atoms with Gasteiger partial charge < -0.3 is 15.2 Å². The number of carbonyl (C=O) groups excluding carboxylic acids is 2. The molecule has 7 heteroatoms. The Morgan fingerprint density at radius 1 is 1.14 bits per heavy atom. The molecule has 2 aromatic carbocycles. The summed E-state index contributed by atoms with van der Waals surface area (Å²) in [5, 5.41) is 9.68. The summed E-state index contributed by atoms with van der Waals surface area (Å²) >= 11 is 3.42. The number of allylic oxidation sites excluding steroid dienone is 3. The number of Topliss-reactive ketones (excluding diaryl/α,β-unsaturated/α-hetero) is 2. The standard InChI is InChI=1S/C21H13BrN2O4/c1-27-15-7-6-10(8-14(15)22)16-13(9-23)21(24)28-20-17(16)18(25)11-4-2-3-5-12(11)19(20)26/h2-8,16H,24H2,1H3/t16-/m0/s1. The number of nitrogens with zero attached hydrogens (tertiary/aromatic N) is 1. The van der Waals surface area contributed by atoms with E-state index >= 15 is 0 Å². The molecule has 4 rings (SSSR count). The van der Waals surface area contributed by atoms with E-state index in [0.717, 1.165) is 0 Å². The van der Waals surface area contributed by atoms with E-state index in [2.05, 4.69) is 15.9 Å². The smallest absolute Gasteiger partial charge is 0.229 e. The fraction of sp³-hybridized carbons (Fsp3) is 0.0952. The molecular formula is C21H13BrN2O4. The summed E-state index contributed by atoms with van der Waals surface area (Å²) in [4.78, 5) is 26.2. The molecule has 2 N–H and O–H groups in total. The lowest BCUT2D eigenvalue weighted by molar-refractivity contribution is 0.0897. The number of benzene rings is 2. The number of ether oxygens (including phenoxy) is 2. The van der Waals surface area contributed by atoms with E-state index in [-0.39, 0.29) is 39.7 Å². The second-order valence-electron chi connectivity index (χ2n) is 6.27. The molecule has 138 valence electrons. The lowest BCUT2D eigenvalue weighted by Crippen LogP contribution is -2.32. The third kappa shape index (κ3) is 2.53. The van der Waals surface area contributed by atoms with Crippen LogP contribution < -0.4 is 10.5 Å². The molecule has 0 fully saturated rings. The van der Waals surface area contributed by atoms with Crippen molar-refractivity contribution in [2.45, 2.75) is 5.92 Å². The van der Waals surface area contributed by atoms with Crippen molar-refractivity contribution in [1.82, 2.24) is 0 Å². The molecule has 0 saturated carbocycles. The lowest BCUT2D eigenvalue weighted by Gasteiger charge is -2.31. The van der Waals surface area contributed by atoms with Gasteiger partial charge in [-0.05, 0) is 33.6 Å². The van der Waals surface area contributed by atoms with Crippen molar-refractivity contribution in [1.29, 1.82) is 5.26 Å². The first-order valence-corrected chi connectivity index (χ1v) is 9.10. The second kappa shape index (κ2) is 6.66. The van der Waals surface area contributed by atoms with Gasteiger partial charge in [0.1, 0.15) is 17.4 Å². The largest absolute Gasteiger partial charge is 0.496 e. The average molecular weight is 437 g/mol. The highest BCUT2D eigenvalue weighted by Gasteiger charge is 2.43. The number of nitriles is 1. The predicted molar refractivity (Wildman–Crippen MR) is 103 cm³/mol. The zero-order valence-electron chi connectivity index (χ0n) is 14.7. The van der Waals surface area contributed by atoms with Gasteiger partial charge in [-0.2, -0.15) is 5.26 Å². The molecule has 0 amide bonds. The fourth-order valence-electron chi connectivity index (χ4n) is 3.50. The zero-order chi connectivity index (χ0) is 20.0. The number of halogens is 1. The molecule has 2 aromatic rings. The monoisotopic (exact) mass is 436 g/mol. The number of carbonyl (C=O) groups is 2. The maximum atomic E-state index is 13.3. The molecule has 0 radical (unpaired) electrons. The Kier molecular flexibility index (Phi) is 4.28. The van der Waals surface area contributed by atoms with Crippen LogP contribution in [0.1, 0.15) is 32.2 Å². The van der Waals surface area contributed by atoms with Crippen molar-refractivity contribution in [3.8, 4) is 11.8 Å². The fourth-order valence-corrected chi connectivity index (χ4v) is 4.06. The van der Waals surface area contributed by atoms with Crippen molar-refractivity contribution >= 4 is 27.5 Å². The van der Waals surface area contributed by atoms with Gasteiger partial charge in [0, 0.05) is 11.1 Å². The number of methoxy groups -OCH3 is 1. The van der Waals surface area contributed by atoms with Gasteiger partial charge in [0.25, 0.3) is 0 Å². The van der Waals surface area contributed by atoms with Gasteiger partial charge in [-0.25, -0.2) is 0 Å². The second-order valence-corrected chi connectivity index (χ2v) is 7.12. The summed E-state index contributed by atoms with van der Waals surface area (Å²) in [5.74, 6) is -1.32. The Morgan fingerprint density at radius 3 is 2.43 bits per heavy atom. The van der Waals surface area contributed by atoms with E-state index in [1.807, 2.05) is 6.07 Å². The third-order valence-corrected chi connectivity index (χ3v) is 5.42. The number of hydrogen-bond acceptors (Lipinski definition) is 6. The molecule has 1 atom stereocenters. The summed E-state index contributed by atoms with van der Waals surface area (Å²) in [6.45, 7) is 0. The first kappa shape index (κ1) is 18.0. The van der Waals surface area contributed by atoms with Crippen LogP contribution in [0.4, 0.5) is 0 Å². The summed E-state index contributed by atoms with van der Waals surface area (Å²) in [5.41, 5.74) is 7.30. The van der Waals surface area contributed by atoms with Gasteiger partial charge in [0.05, 0.1) is 23.1 Å². The average Bonchev–Trinajstić information content (AvgIpc) is 2.71. The number of rotatable bonds is 2. The summed E-state index contributed by atoms with van der Waals surface area (Å²) in [6, 6.07) is 13.7. The maximum Gasteiger partial charge on any atom is 0.229 e. The van der Waals surface area contributed by atoms with E-state index in [1.54, 1.807) is 42.5 Å². The first-order valence-electron chi connectivity index (χ1n) is 8.31. The molecule has 1 aliphatic carbocycles. The number of nitrogens with two attached hydrogens (primary N) is 1. The highest BCUT2D eigenvalue weighted by atomic mass is 79.9. The van der Waals surface area contributed by atoms with Crippen LogP contribution in [0.3, 0.4) is 0 Å². The molecule has 0 saturated heterocycles. The molecule has 28 heavy (non-hydrogen) atoms. The van der Waals surface area contributed by atoms with Gasteiger partial charge in [-0.1, -0.05) is 30.3 Å². The number of fused-ring (bicyclic) bond motifs is 1. The van der Waals surface area contributed by atoms with Crippen LogP contribution in [0.15, 0.2) is 69.7 Å². The maximum absolute atomic E-state index is 13.3. The molecular weight excluding hydrogens is 424 g/mol. The molecule has 2 aliphatic rings. The van der Waals surface area contributed by atoms with E-state index in [9.17, 15) is 14.9 Å². The van der Waals surface area contributed by atoms with E-state index in [1.165, 1.54) is 7.11 Å². The molecule has 0 spiro atoms. The van der Waals surface area contributed by atoms with Crippen molar-refractivity contribution < 1.29 is 19.1 Å². The highest BCUT2D eigenvalue weighted by molar-refractivity contribution is 9.10. The lowest BCUT2D eigenvalue weighted by atomic mass is 9.75. The normalized spacial score (nSPS) is 18.2. The summed E-state index contributed by atoms with van der Waals surface area (Å²) in [7, 11) is 1.54. The van der Waals surface area contributed by atoms with Gasteiger partial charge in [0.15, 0.2) is 11.5 Å². The number of hydrogen-bond donors (Lipinski definition) is 1. The molecule has 6 nitrogen and oxygen atoms in total. The molecule has 0 aromatic heterocycles. The molecule has 1 heterocycles. The minimum absolute atomic E-state index is 0.0800. The van der Waals surface area contributed by atoms with E-state index in [0.29, 0.717) is 15.8 Å². The summed E-state index contributed by atoms with van der Waals surface area (Å²) < 4.78 is 11.4. The Hall–Kier alpha value is -3.37. The third-order valence-electron chi connectivity index (χ3n) is 4.80. The minimum Gasteiger partial charge on any atom is -0.496 e. The van der Waals surface area contributed by atoms with E-state index in [4.69, 9.17) is 15.2 Å². The summed E-state index contributed by atoms with van der Waals surface area (Å²) in [6.07, 6.45) is 0.